The Hall–Kier alpha value is -3.68. The van der Waals surface area contributed by atoms with Gasteiger partial charge in [0.05, 0.1) is 19.3 Å². The molecule has 0 aliphatic heterocycles. The van der Waals surface area contributed by atoms with Gasteiger partial charge in [0.1, 0.15) is 5.75 Å². The molecule has 2 aromatic carbocycles. The molecule has 0 atom stereocenters. The third-order valence-electron chi connectivity index (χ3n) is 4.50. The van der Waals surface area contributed by atoms with Crippen molar-refractivity contribution in [2.24, 2.45) is 0 Å². The molecule has 1 heterocycles. The number of nitrogens with one attached hydrogen (secondary N) is 1. The van der Waals surface area contributed by atoms with Crippen LogP contribution in [0.2, 0.25) is 0 Å². The molecule has 3 rings (SSSR count). The van der Waals surface area contributed by atoms with Gasteiger partial charge in [0, 0.05) is 24.1 Å². The molecule has 0 spiro atoms. The van der Waals surface area contributed by atoms with Gasteiger partial charge in [0.15, 0.2) is 0 Å². The van der Waals surface area contributed by atoms with Gasteiger partial charge < -0.3 is 19.3 Å². The quantitative estimate of drug-likeness (QED) is 0.383. The molecular formula is C23H25N3O5. The molecular weight excluding hydrogens is 398 g/mol. The van der Waals surface area contributed by atoms with Crippen LogP contribution in [0.5, 0.6) is 5.75 Å². The van der Waals surface area contributed by atoms with Gasteiger partial charge >= 0.3 is 5.97 Å². The minimum Gasteiger partial charge on any atom is -0.497 e. The monoisotopic (exact) mass is 423 g/mol. The van der Waals surface area contributed by atoms with E-state index in [-0.39, 0.29) is 18.3 Å². The molecule has 0 fully saturated rings. The van der Waals surface area contributed by atoms with Gasteiger partial charge in [-0.2, -0.15) is 4.98 Å². The summed E-state index contributed by atoms with van der Waals surface area (Å²) in [7, 11) is 1.59. The first-order chi connectivity index (χ1) is 15.1. The highest BCUT2D eigenvalue weighted by molar-refractivity contribution is 5.93. The van der Waals surface area contributed by atoms with Crippen molar-refractivity contribution in [3.8, 4) is 17.1 Å². The van der Waals surface area contributed by atoms with Crippen LogP contribution in [0.15, 0.2) is 53.1 Å². The van der Waals surface area contributed by atoms with Crippen LogP contribution < -0.4 is 10.1 Å². The number of ether oxygens (including phenoxy) is 2. The van der Waals surface area contributed by atoms with Crippen molar-refractivity contribution in [3.63, 3.8) is 0 Å². The zero-order chi connectivity index (χ0) is 22.1. The molecule has 31 heavy (non-hydrogen) atoms. The minimum atomic E-state index is -0.366. The number of rotatable bonds is 10. The predicted octanol–water partition coefficient (Wildman–Crippen LogP) is 4.27. The molecule has 1 amide bonds. The second-order valence-corrected chi connectivity index (χ2v) is 6.86. The maximum absolute atomic E-state index is 12.2. The number of nitrogens with zero attached hydrogens (tertiary/aromatic N) is 2. The summed E-state index contributed by atoms with van der Waals surface area (Å²) in [4.78, 5) is 28.5. The van der Waals surface area contributed by atoms with Gasteiger partial charge in [0.2, 0.25) is 17.6 Å². The van der Waals surface area contributed by atoms with Crippen LogP contribution in [-0.2, 0) is 16.0 Å². The third-order valence-corrected chi connectivity index (χ3v) is 4.50. The van der Waals surface area contributed by atoms with E-state index in [1.165, 1.54) is 0 Å². The highest BCUT2D eigenvalue weighted by atomic mass is 16.5. The van der Waals surface area contributed by atoms with E-state index in [4.69, 9.17) is 14.0 Å². The minimum absolute atomic E-state index is 0.181. The molecule has 0 saturated carbocycles. The van der Waals surface area contributed by atoms with Gasteiger partial charge in [-0.05, 0) is 42.8 Å². The van der Waals surface area contributed by atoms with Gasteiger partial charge in [-0.25, -0.2) is 4.79 Å². The smallest absolute Gasteiger partial charge is 0.338 e. The maximum atomic E-state index is 12.2. The van der Waals surface area contributed by atoms with E-state index in [1.54, 1.807) is 31.4 Å². The Kier molecular flexibility index (Phi) is 7.75. The van der Waals surface area contributed by atoms with Crippen LogP contribution in [0.1, 0.15) is 42.4 Å². The van der Waals surface area contributed by atoms with E-state index in [9.17, 15) is 9.59 Å². The Morgan fingerprint density at radius 2 is 1.94 bits per heavy atom. The van der Waals surface area contributed by atoms with Crippen molar-refractivity contribution in [2.45, 2.75) is 32.6 Å². The average Bonchev–Trinajstić information content (AvgIpc) is 3.27. The topological polar surface area (TPSA) is 104 Å². The summed E-state index contributed by atoms with van der Waals surface area (Å²) in [6.07, 6.45) is 2.29. The Morgan fingerprint density at radius 1 is 1.13 bits per heavy atom. The van der Waals surface area contributed by atoms with E-state index >= 15 is 0 Å². The van der Waals surface area contributed by atoms with Crippen LogP contribution in [-0.4, -0.2) is 35.7 Å². The standard InChI is InChI=1S/C23H25N3O5/c1-3-4-14-30-23(28)16-8-10-18(11-9-16)24-20(27)12-13-21-25-22(26-31-21)17-6-5-7-19(15-17)29-2/h5-11,15H,3-4,12-14H2,1-2H3,(H,24,27). The Balaban J connectivity index is 1.49. The van der Waals surface area contributed by atoms with Crippen molar-refractivity contribution in [2.75, 3.05) is 19.0 Å². The molecule has 0 radical (unpaired) electrons. The molecule has 0 saturated heterocycles. The predicted molar refractivity (Wildman–Crippen MR) is 115 cm³/mol. The van der Waals surface area contributed by atoms with Gasteiger partial charge in [-0.3, -0.25) is 4.79 Å². The zero-order valence-electron chi connectivity index (χ0n) is 17.6. The number of hydrogen-bond donors (Lipinski definition) is 1. The number of unbranched alkanes of at least 4 members (excludes halogenated alkanes) is 1. The summed E-state index contributed by atoms with van der Waals surface area (Å²) in [6.45, 7) is 2.44. The second-order valence-electron chi connectivity index (χ2n) is 6.86. The fourth-order valence-electron chi connectivity index (χ4n) is 2.76. The zero-order valence-corrected chi connectivity index (χ0v) is 17.6. The van der Waals surface area contributed by atoms with Crippen LogP contribution in [0, 0.1) is 0 Å². The van der Waals surface area contributed by atoms with Crippen molar-refractivity contribution in [3.05, 3.63) is 60.0 Å². The lowest BCUT2D eigenvalue weighted by Crippen LogP contribution is -2.13. The molecule has 8 nitrogen and oxygen atoms in total. The number of carbonyl (C=O) groups excluding carboxylic acids is 2. The van der Waals surface area contributed by atoms with E-state index < -0.39 is 0 Å². The normalized spacial score (nSPS) is 10.5. The number of aromatic nitrogens is 2. The van der Waals surface area contributed by atoms with Crippen LogP contribution in [0.4, 0.5) is 5.69 Å². The number of benzene rings is 2. The third kappa shape index (κ3) is 6.40. The molecule has 3 aromatic rings. The lowest BCUT2D eigenvalue weighted by molar-refractivity contribution is -0.116. The summed E-state index contributed by atoms with van der Waals surface area (Å²) >= 11 is 0. The highest BCUT2D eigenvalue weighted by Crippen LogP contribution is 2.21. The lowest BCUT2D eigenvalue weighted by Gasteiger charge is -2.06. The number of esters is 1. The van der Waals surface area contributed by atoms with E-state index in [0.717, 1.165) is 18.4 Å². The molecule has 0 aliphatic carbocycles. The largest absolute Gasteiger partial charge is 0.497 e. The van der Waals surface area contributed by atoms with Crippen molar-refractivity contribution in [1.29, 1.82) is 0 Å². The Bertz CT molecular complexity index is 1010. The SMILES string of the molecule is CCCCOC(=O)c1ccc(NC(=O)CCc2nc(-c3cccc(OC)c3)no2)cc1. The average molecular weight is 423 g/mol. The van der Waals surface area contributed by atoms with Crippen LogP contribution in [0.3, 0.4) is 0 Å². The molecule has 0 unspecified atom stereocenters. The first-order valence-corrected chi connectivity index (χ1v) is 10.1. The first-order valence-electron chi connectivity index (χ1n) is 10.1. The van der Waals surface area contributed by atoms with Crippen molar-refractivity contribution >= 4 is 17.6 Å². The summed E-state index contributed by atoms with van der Waals surface area (Å²) in [5.74, 6) is 0.950. The fraction of sp³-hybridized carbons (Fsp3) is 0.304. The van der Waals surface area contributed by atoms with Gasteiger partial charge in [-0.1, -0.05) is 30.6 Å². The van der Waals surface area contributed by atoms with Gasteiger partial charge in [-0.15, -0.1) is 0 Å². The molecule has 162 valence electrons. The second kappa shape index (κ2) is 10.9. The number of aryl methyl sites for hydroxylation is 1. The highest BCUT2D eigenvalue weighted by Gasteiger charge is 2.12. The first kappa shape index (κ1) is 22.0. The van der Waals surface area contributed by atoms with Crippen LogP contribution >= 0.6 is 0 Å². The molecule has 1 aromatic heterocycles. The molecule has 0 aliphatic rings. The van der Waals surface area contributed by atoms with Gasteiger partial charge in [0.25, 0.3) is 0 Å². The number of carbonyl (C=O) groups is 2. The molecule has 1 N–H and O–H groups in total. The summed E-state index contributed by atoms with van der Waals surface area (Å²) in [5, 5.41) is 6.75. The van der Waals surface area contributed by atoms with E-state index in [2.05, 4.69) is 15.5 Å². The fourth-order valence-corrected chi connectivity index (χ4v) is 2.76. The lowest BCUT2D eigenvalue weighted by atomic mass is 10.2. The maximum Gasteiger partial charge on any atom is 0.338 e. The van der Waals surface area contributed by atoms with Crippen LogP contribution in [0.25, 0.3) is 11.4 Å². The van der Waals surface area contributed by atoms with E-state index in [0.29, 0.717) is 41.7 Å². The number of anilines is 1. The molecule has 0 bridgehead atoms. The number of methoxy groups -OCH3 is 1. The van der Waals surface area contributed by atoms with Crippen molar-refractivity contribution < 1.29 is 23.6 Å². The summed E-state index contributed by atoms with van der Waals surface area (Å²) in [6, 6.07) is 13.9. The van der Waals surface area contributed by atoms with Crippen molar-refractivity contribution in [1.82, 2.24) is 10.1 Å². The van der Waals surface area contributed by atoms with E-state index in [1.807, 2.05) is 31.2 Å². The number of amides is 1. The summed E-state index contributed by atoms with van der Waals surface area (Å²) in [5.41, 5.74) is 1.81. The number of hydrogen-bond acceptors (Lipinski definition) is 7. The summed E-state index contributed by atoms with van der Waals surface area (Å²) < 4.78 is 15.6. The molecule has 8 heteroatoms. The Morgan fingerprint density at radius 3 is 2.68 bits per heavy atom. The Labute approximate surface area is 180 Å².